The zero-order valence-electron chi connectivity index (χ0n) is 11.7. The number of amides is 1. The van der Waals surface area contributed by atoms with E-state index in [0.29, 0.717) is 11.4 Å². The van der Waals surface area contributed by atoms with Crippen LogP contribution in [-0.4, -0.2) is 11.1 Å². The van der Waals surface area contributed by atoms with E-state index in [4.69, 9.17) is 4.52 Å². The lowest BCUT2D eigenvalue weighted by Crippen LogP contribution is -2.14. The lowest BCUT2D eigenvalue weighted by molar-refractivity contribution is 0.102. The molecule has 4 nitrogen and oxygen atoms in total. The molecule has 0 atom stereocenters. The van der Waals surface area contributed by atoms with Crippen LogP contribution in [0.1, 0.15) is 42.4 Å². The largest absolute Gasteiger partial charge is 0.338 e. The second kappa shape index (κ2) is 4.88. The lowest BCUT2D eigenvalue weighted by Gasteiger charge is -2.18. The Morgan fingerprint density at radius 1 is 1.21 bits per heavy atom. The molecule has 0 saturated carbocycles. The second-order valence-corrected chi connectivity index (χ2v) is 5.61. The van der Waals surface area contributed by atoms with Crippen molar-refractivity contribution < 1.29 is 9.32 Å². The summed E-state index contributed by atoms with van der Waals surface area (Å²) in [6.07, 6.45) is 0. The van der Waals surface area contributed by atoms with Gasteiger partial charge in [-0.25, -0.2) is 0 Å². The van der Waals surface area contributed by atoms with Gasteiger partial charge in [-0.15, -0.1) is 0 Å². The maximum absolute atomic E-state index is 12.0. The Kier molecular flexibility index (Phi) is 3.42. The zero-order valence-corrected chi connectivity index (χ0v) is 11.7. The number of carbonyl (C=O) groups is 1. The minimum Gasteiger partial charge on any atom is -0.338 e. The summed E-state index contributed by atoms with van der Waals surface area (Å²) in [5.74, 6) is 0.166. The van der Waals surface area contributed by atoms with Gasteiger partial charge in [-0.05, 0) is 30.0 Å². The normalized spacial score (nSPS) is 11.4. The summed E-state index contributed by atoms with van der Waals surface area (Å²) in [6, 6.07) is 9.26. The van der Waals surface area contributed by atoms with E-state index >= 15 is 0 Å². The number of benzene rings is 1. The van der Waals surface area contributed by atoms with Gasteiger partial charge >= 0.3 is 0 Å². The van der Waals surface area contributed by atoms with Crippen molar-refractivity contribution in [2.45, 2.75) is 33.1 Å². The Bertz CT molecular complexity index is 577. The first kappa shape index (κ1) is 13.3. The van der Waals surface area contributed by atoms with Gasteiger partial charge in [-0.3, -0.25) is 10.1 Å². The highest BCUT2D eigenvalue weighted by molar-refractivity contribution is 6.03. The molecule has 4 heteroatoms. The van der Waals surface area contributed by atoms with Crippen LogP contribution in [0.2, 0.25) is 0 Å². The third kappa shape index (κ3) is 3.22. The molecule has 0 saturated heterocycles. The molecule has 0 unspecified atom stereocenters. The van der Waals surface area contributed by atoms with Crippen LogP contribution in [0.3, 0.4) is 0 Å². The van der Waals surface area contributed by atoms with E-state index in [0.717, 1.165) is 5.69 Å². The molecule has 0 fully saturated rings. The monoisotopic (exact) mass is 258 g/mol. The van der Waals surface area contributed by atoms with E-state index in [2.05, 4.69) is 31.2 Å². The van der Waals surface area contributed by atoms with Crippen LogP contribution in [0.4, 0.5) is 5.88 Å². The summed E-state index contributed by atoms with van der Waals surface area (Å²) in [5, 5.41) is 6.39. The Morgan fingerprint density at radius 2 is 1.84 bits per heavy atom. The number of hydrogen-bond acceptors (Lipinski definition) is 3. The predicted octanol–water partition coefficient (Wildman–Crippen LogP) is 3.53. The van der Waals surface area contributed by atoms with Crippen LogP contribution in [0, 0.1) is 6.92 Å². The Morgan fingerprint density at radius 3 is 2.32 bits per heavy atom. The molecule has 100 valence electrons. The first-order valence-electron chi connectivity index (χ1n) is 6.21. The fraction of sp³-hybridized carbons (Fsp3) is 0.333. The number of aromatic nitrogens is 1. The van der Waals surface area contributed by atoms with Gasteiger partial charge in [0.05, 0.1) is 5.69 Å². The van der Waals surface area contributed by atoms with Crippen LogP contribution in [0.25, 0.3) is 0 Å². The van der Waals surface area contributed by atoms with E-state index in [9.17, 15) is 4.79 Å². The average molecular weight is 258 g/mol. The number of carbonyl (C=O) groups excluding carboxylic acids is 1. The van der Waals surface area contributed by atoms with Crippen molar-refractivity contribution in [2.24, 2.45) is 0 Å². The van der Waals surface area contributed by atoms with Gasteiger partial charge in [0, 0.05) is 11.6 Å². The van der Waals surface area contributed by atoms with Gasteiger partial charge in [0.1, 0.15) is 0 Å². The molecule has 0 aliphatic rings. The molecule has 1 aromatic carbocycles. The van der Waals surface area contributed by atoms with Gasteiger partial charge in [-0.1, -0.05) is 38.1 Å². The molecular formula is C15H18N2O2. The summed E-state index contributed by atoms with van der Waals surface area (Å²) >= 11 is 0. The summed E-state index contributed by atoms with van der Waals surface area (Å²) in [7, 11) is 0. The standard InChI is InChI=1S/C15H18N2O2/c1-10-9-13(19-17-10)16-14(18)11-5-7-12(8-6-11)15(2,3)4/h5-9H,1-4H3,(H,16,18). The average Bonchev–Trinajstić information content (AvgIpc) is 2.74. The number of rotatable bonds is 2. The Balaban J connectivity index is 2.12. The minimum atomic E-state index is -0.198. The first-order chi connectivity index (χ1) is 8.86. The van der Waals surface area contributed by atoms with E-state index in [-0.39, 0.29) is 11.3 Å². The van der Waals surface area contributed by atoms with Gasteiger partial charge in [-0.2, -0.15) is 0 Å². The minimum absolute atomic E-state index is 0.0804. The highest BCUT2D eigenvalue weighted by atomic mass is 16.5. The molecule has 0 radical (unpaired) electrons. The number of nitrogens with zero attached hydrogens (tertiary/aromatic N) is 1. The summed E-state index contributed by atoms with van der Waals surface area (Å²) < 4.78 is 4.95. The molecule has 1 amide bonds. The number of anilines is 1. The van der Waals surface area contributed by atoms with Crippen molar-refractivity contribution in [3.8, 4) is 0 Å². The first-order valence-corrected chi connectivity index (χ1v) is 6.21. The molecular weight excluding hydrogens is 240 g/mol. The summed E-state index contributed by atoms with van der Waals surface area (Å²) in [6.45, 7) is 8.22. The van der Waals surface area contributed by atoms with Crippen molar-refractivity contribution in [3.63, 3.8) is 0 Å². The smallest absolute Gasteiger partial charge is 0.258 e. The molecule has 1 aromatic heterocycles. The summed E-state index contributed by atoms with van der Waals surface area (Å²) in [4.78, 5) is 12.0. The van der Waals surface area contributed by atoms with Crippen molar-refractivity contribution in [1.82, 2.24) is 5.16 Å². The van der Waals surface area contributed by atoms with Gasteiger partial charge in [0.15, 0.2) is 0 Å². The van der Waals surface area contributed by atoms with Crippen LogP contribution in [0.15, 0.2) is 34.9 Å². The predicted molar refractivity (Wildman–Crippen MR) is 74.3 cm³/mol. The maximum Gasteiger partial charge on any atom is 0.258 e. The second-order valence-electron chi connectivity index (χ2n) is 5.61. The van der Waals surface area contributed by atoms with Crippen LogP contribution >= 0.6 is 0 Å². The van der Waals surface area contributed by atoms with Crippen molar-refractivity contribution in [2.75, 3.05) is 5.32 Å². The van der Waals surface area contributed by atoms with Crippen LogP contribution < -0.4 is 5.32 Å². The molecule has 2 aromatic rings. The fourth-order valence-corrected chi connectivity index (χ4v) is 1.73. The molecule has 0 bridgehead atoms. The molecule has 0 aliphatic carbocycles. The highest BCUT2D eigenvalue weighted by Crippen LogP contribution is 2.22. The van der Waals surface area contributed by atoms with E-state index in [1.807, 2.05) is 24.3 Å². The topological polar surface area (TPSA) is 55.1 Å². The zero-order chi connectivity index (χ0) is 14.0. The molecule has 0 aliphatic heterocycles. The Hall–Kier alpha value is -2.10. The van der Waals surface area contributed by atoms with Crippen molar-refractivity contribution in [3.05, 3.63) is 47.2 Å². The number of aryl methyl sites for hydroxylation is 1. The molecule has 1 heterocycles. The van der Waals surface area contributed by atoms with Gasteiger partial charge in [0.25, 0.3) is 5.91 Å². The fourth-order valence-electron chi connectivity index (χ4n) is 1.73. The third-order valence-electron chi connectivity index (χ3n) is 2.88. The molecule has 2 rings (SSSR count). The SMILES string of the molecule is Cc1cc(NC(=O)c2ccc(C(C)(C)C)cc2)on1. The third-order valence-corrected chi connectivity index (χ3v) is 2.88. The number of hydrogen-bond donors (Lipinski definition) is 1. The van der Waals surface area contributed by atoms with E-state index in [1.165, 1.54) is 5.56 Å². The van der Waals surface area contributed by atoms with Crippen molar-refractivity contribution >= 4 is 11.8 Å². The van der Waals surface area contributed by atoms with Crippen LogP contribution in [-0.2, 0) is 5.41 Å². The molecule has 19 heavy (non-hydrogen) atoms. The van der Waals surface area contributed by atoms with E-state index in [1.54, 1.807) is 13.0 Å². The van der Waals surface area contributed by atoms with Gasteiger partial charge < -0.3 is 4.52 Å². The van der Waals surface area contributed by atoms with Gasteiger partial charge in [0.2, 0.25) is 5.88 Å². The summed E-state index contributed by atoms with van der Waals surface area (Å²) in [5.41, 5.74) is 2.61. The van der Waals surface area contributed by atoms with Crippen molar-refractivity contribution in [1.29, 1.82) is 0 Å². The highest BCUT2D eigenvalue weighted by Gasteiger charge is 2.14. The molecule has 1 N–H and O–H groups in total. The number of nitrogens with one attached hydrogen (secondary N) is 1. The quantitative estimate of drug-likeness (QED) is 0.896. The molecule has 0 spiro atoms. The lowest BCUT2D eigenvalue weighted by atomic mass is 9.87. The maximum atomic E-state index is 12.0. The Labute approximate surface area is 112 Å². The van der Waals surface area contributed by atoms with E-state index < -0.39 is 0 Å². The van der Waals surface area contributed by atoms with Crippen LogP contribution in [0.5, 0.6) is 0 Å².